The Bertz CT molecular complexity index is 581. The van der Waals surface area contributed by atoms with Crippen LogP contribution in [0, 0.1) is 6.92 Å². The van der Waals surface area contributed by atoms with Gasteiger partial charge >= 0.3 is 0 Å². The van der Waals surface area contributed by atoms with Crippen LogP contribution in [-0.4, -0.2) is 22.6 Å². The van der Waals surface area contributed by atoms with Gasteiger partial charge in [-0.05, 0) is 37.1 Å². The second-order valence-corrected chi connectivity index (χ2v) is 4.44. The molecule has 0 radical (unpaired) electrons. The van der Waals surface area contributed by atoms with Gasteiger partial charge in [-0.1, -0.05) is 24.3 Å². The summed E-state index contributed by atoms with van der Waals surface area (Å²) in [5, 5.41) is 13.8. The van der Waals surface area contributed by atoms with Gasteiger partial charge in [0.2, 0.25) is 0 Å². The largest absolute Gasteiger partial charge is 0.364 e. The van der Waals surface area contributed by atoms with Crippen molar-refractivity contribution in [1.29, 1.82) is 0 Å². The Morgan fingerprint density at radius 1 is 1.15 bits per heavy atom. The van der Waals surface area contributed by atoms with Gasteiger partial charge in [-0.3, -0.25) is 4.79 Å². The molecule has 20 heavy (non-hydrogen) atoms. The van der Waals surface area contributed by atoms with Crippen LogP contribution in [0.1, 0.15) is 28.5 Å². The second-order valence-electron chi connectivity index (χ2n) is 4.44. The highest BCUT2D eigenvalue weighted by Crippen LogP contribution is 2.10. The summed E-state index contributed by atoms with van der Waals surface area (Å²) in [6.07, 6.45) is 0. The Labute approximate surface area is 118 Å². The minimum absolute atomic E-state index is 0.203. The van der Waals surface area contributed by atoms with Gasteiger partial charge in [0.25, 0.3) is 5.91 Å². The van der Waals surface area contributed by atoms with Crippen molar-refractivity contribution in [3.05, 3.63) is 53.2 Å². The van der Waals surface area contributed by atoms with Crippen LogP contribution in [0.4, 0.5) is 5.82 Å². The number of aromatic nitrogens is 2. The molecule has 0 aliphatic rings. The van der Waals surface area contributed by atoms with Gasteiger partial charge in [0.15, 0.2) is 5.69 Å². The van der Waals surface area contributed by atoms with Crippen molar-refractivity contribution in [3.8, 4) is 0 Å². The first-order chi connectivity index (χ1) is 9.70. The van der Waals surface area contributed by atoms with Crippen LogP contribution >= 0.6 is 0 Å². The first-order valence-electron chi connectivity index (χ1n) is 6.61. The van der Waals surface area contributed by atoms with Gasteiger partial charge in [0.1, 0.15) is 5.82 Å². The van der Waals surface area contributed by atoms with Crippen LogP contribution in [0.3, 0.4) is 0 Å². The first kappa shape index (κ1) is 14.0. The van der Waals surface area contributed by atoms with Gasteiger partial charge in [-0.2, -0.15) is 0 Å². The van der Waals surface area contributed by atoms with Crippen molar-refractivity contribution in [2.24, 2.45) is 0 Å². The number of carbonyl (C=O) groups is 1. The van der Waals surface area contributed by atoms with E-state index in [1.54, 1.807) is 12.1 Å². The van der Waals surface area contributed by atoms with Gasteiger partial charge in [0, 0.05) is 13.1 Å². The molecule has 0 spiro atoms. The fourth-order valence-electron chi connectivity index (χ4n) is 1.79. The third kappa shape index (κ3) is 3.54. The number of aryl methyl sites for hydroxylation is 1. The molecule has 5 heteroatoms. The Balaban J connectivity index is 1.98. The topological polar surface area (TPSA) is 66.9 Å². The van der Waals surface area contributed by atoms with Gasteiger partial charge < -0.3 is 10.6 Å². The van der Waals surface area contributed by atoms with E-state index in [2.05, 4.69) is 39.9 Å². The fraction of sp³-hybridized carbons (Fsp3) is 0.267. The van der Waals surface area contributed by atoms with Crippen molar-refractivity contribution in [3.63, 3.8) is 0 Å². The number of rotatable bonds is 5. The molecule has 0 aliphatic carbocycles. The quantitative estimate of drug-likeness (QED) is 0.873. The molecule has 0 unspecified atom stereocenters. The third-order valence-corrected chi connectivity index (χ3v) is 2.96. The molecule has 104 valence electrons. The Hall–Kier alpha value is -2.43. The lowest BCUT2D eigenvalue weighted by Gasteiger charge is -2.08. The van der Waals surface area contributed by atoms with Gasteiger partial charge in [0.05, 0.1) is 0 Å². The van der Waals surface area contributed by atoms with Crippen LogP contribution in [0.5, 0.6) is 0 Å². The van der Waals surface area contributed by atoms with Crippen LogP contribution in [0.25, 0.3) is 0 Å². The maximum absolute atomic E-state index is 11.5. The molecule has 5 nitrogen and oxygen atoms in total. The molecule has 2 rings (SSSR count). The average Bonchev–Trinajstić information content (AvgIpc) is 2.47. The first-order valence-corrected chi connectivity index (χ1v) is 6.61. The molecule has 1 amide bonds. The van der Waals surface area contributed by atoms with E-state index in [1.807, 2.05) is 19.1 Å². The molecule has 0 bridgehead atoms. The molecule has 1 aromatic carbocycles. The lowest BCUT2D eigenvalue weighted by atomic mass is 10.1. The average molecular weight is 270 g/mol. The maximum atomic E-state index is 11.5. The summed E-state index contributed by atoms with van der Waals surface area (Å²) in [6, 6.07) is 11.6. The number of benzene rings is 1. The number of anilines is 1. The third-order valence-electron chi connectivity index (χ3n) is 2.96. The molecule has 0 saturated carbocycles. The highest BCUT2D eigenvalue weighted by atomic mass is 16.1. The Morgan fingerprint density at radius 3 is 2.60 bits per heavy atom. The van der Waals surface area contributed by atoms with E-state index < -0.39 is 0 Å². The molecule has 2 aromatic rings. The Kier molecular flexibility index (Phi) is 4.65. The van der Waals surface area contributed by atoms with E-state index >= 15 is 0 Å². The lowest BCUT2D eigenvalue weighted by molar-refractivity contribution is 0.0950. The molecule has 0 atom stereocenters. The summed E-state index contributed by atoms with van der Waals surface area (Å²) >= 11 is 0. The molecular formula is C15H18N4O. The Morgan fingerprint density at radius 2 is 1.95 bits per heavy atom. The molecule has 2 N–H and O–H groups in total. The number of nitrogens with zero attached hydrogens (tertiary/aromatic N) is 2. The summed E-state index contributed by atoms with van der Waals surface area (Å²) in [4.78, 5) is 11.5. The van der Waals surface area contributed by atoms with Crippen molar-refractivity contribution < 1.29 is 4.79 Å². The molecule has 0 fully saturated rings. The number of amides is 1. The zero-order valence-electron chi connectivity index (χ0n) is 11.7. The molecular weight excluding hydrogens is 252 g/mol. The summed E-state index contributed by atoms with van der Waals surface area (Å²) in [7, 11) is 0. The molecule has 0 aliphatic heterocycles. The fourth-order valence-corrected chi connectivity index (χ4v) is 1.79. The van der Waals surface area contributed by atoms with Crippen LogP contribution in [-0.2, 0) is 6.54 Å². The minimum Gasteiger partial charge on any atom is -0.364 e. The van der Waals surface area contributed by atoms with Gasteiger partial charge in [-0.15, -0.1) is 10.2 Å². The molecule has 1 heterocycles. The number of hydrogen-bond donors (Lipinski definition) is 2. The van der Waals surface area contributed by atoms with E-state index in [1.165, 1.54) is 11.1 Å². The number of carbonyl (C=O) groups excluding carboxylic acids is 1. The number of hydrogen-bond acceptors (Lipinski definition) is 4. The molecule has 0 saturated heterocycles. The van der Waals surface area contributed by atoms with E-state index in [9.17, 15) is 4.79 Å². The summed E-state index contributed by atoms with van der Waals surface area (Å²) in [6.45, 7) is 5.19. The summed E-state index contributed by atoms with van der Waals surface area (Å²) in [5.74, 6) is 0.451. The highest BCUT2D eigenvalue weighted by Gasteiger charge is 2.06. The summed E-state index contributed by atoms with van der Waals surface area (Å²) < 4.78 is 0. The number of nitrogens with one attached hydrogen (secondary N) is 2. The van der Waals surface area contributed by atoms with E-state index in [4.69, 9.17) is 0 Å². The van der Waals surface area contributed by atoms with Crippen molar-refractivity contribution >= 4 is 11.7 Å². The van der Waals surface area contributed by atoms with Crippen molar-refractivity contribution in [2.45, 2.75) is 20.4 Å². The molecule has 1 aromatic heterocycles. The smallest absolute Gasteiger partial charge is 0.271 e. The second kappa shape index (κ2) is 6.65. The van der Waals surface area contributed by atoms with Crippen LogP contribution in [0.2, 0.25) is 0 Å². The van der Waals surface area contributed by atoms with Gasteiger partial charge in [-0.25, -0.2) is 0 Å². The summed E-state index contributed by atoms with van der Waals surface area (Å²) in [5.41, 5.74) is 2.77. The predicted molar refractivity (Wildman–Crippen MR) is 78.5 cm³/mol. The van der Waals surface area contributed by atoms with Crippen molar-refractivity contribution in [2.75, 3.05) is 11.9 Å². The monoisotopic (exact) mass is 270 g/mol. The van der Waals surface area contributed by atoms with E-state index in [0.29, 0.717) is 24.6 Å². The van der Waals surface area contributed by atoms with E-state index in [-0.39, 0.29) is 5.91 Å². The SMILES string of the molecule is CCNC(=O)c1ccc(NCc2ccccc2C)nn1. The van der Waals surface area contributed by atoms with E-state index in [0.717, 1.165) is 0 Å². The van der Waals surface area contributed by atoms with Crippen molar-refractivity contribution in [1.82, 2.24) is 15.5 Å². The zero-order chi connectivity index (χ0) is 14.4. The lowest BCUT2D eigenvalue weighted by Crippen LogP contribution is -2.24. The van der Waals surface area contributed by atoms with Crippen LogP contribution < -0.4 is 10.6 Å². The minimum atomic E-state index is -0.203. The standard InChI is InChI=1S/C15H18N4O/c1-3-16-15(20)13-8-9-14(19-18-13)17-10-12-7-5-4-6-11(12)2/h4-9H,3,10H2,1-2H3,(H,16,20)(H,17,19). The normalized spacial score (nSPS) is 10.1. The highest BCUT2D eigenvalue weighted by molar-refractivity contribution is 5.92. The maximum Gasteiger partial charge on any atom is 0.271 e. The van der Waals surface area contributed by atoms with Crippen LogP contribution in [0.15, 0.2) is 36.4 Å². The zero-order valence-corrected chi connectivity index (χ0v) is 11.7. The predicted octanol–water partition coefficient (Wildman–Crippen LogP) is 2.15.